The number of benzene rings is 1. The third-order valence-corrected chi connectivity index (χ3v) is 5.05. The first-order chi connectivity index (χ1) is 12.2. The van der Waals surface area contributed by atoms with Crippen molar-refractivity contribution >= 4 is 17.5 Å². The Morgan fingerprint density at radius 2 is 1.60 bits per heavy atom. The molecule has 3 heterocycles. The summed E-state index contributed by atoms with van der Waals surface area (Å²) in [4.78, 5) is 29.4. The van der Waals surface area contributed by atoms with Gasteiger partial charge in [0.1, 0.15) is 13.2 Å². The third kappa shape index (κ3) is 3.28. The second-order valence-electron chi connectivity index (χ2n) is 6.57. The predicted molar refractivity (Wildman–Crippen MR) is 92.0 cm³/mol. The van der Waals surface area contributed by atoms with Gasteiger partial charge in [0.15, 0.2) is 11.5 Å². The van der Waals surface area contributed by atoms with E-state index in [1.54, 1.807) is 0 Å². The maximum atomic E-state index is 11.7. The Morgan fingerprint density at radius 1 is 0.880 bits per heavy atom. The number of imide groups is 1. The maximum absolute atomic E-state index is 11.7. The minimum absolute atomic E-state index is 0.0308. The van der Waals surface area contributed by atoms with Crippen LogP contribution in [0.25, 0.3) is 0 Å². The smallest absolute Gasteiger partial charge is 0.229 e. The number of nitrogens with zero attached hydrogens (tertiary/aromatic N) is 3. The van der Waals surface area contributed by atoms with Gasteiger partial charge in [-0.15, -0.1) is 0 Å². The number of likely N-dealkylation sites (tertiary alicyclic amines) is 1. The Kier molecular flexibility index (Phi) is 4.48. The summed E-state index contributed by atoms with van der Waals surface area (Å²) in [6.07, 6.45) is 0.738. The lowest BCUT2D eigenvalue weighted by Gasteiger charge is -2.37. The summed E-state index contributed by atoms with van der Waals surface area (Å²) in [6, 6.07) is 6.02. The van der Waals surface area contributed by atoms with E-state index in [0.717, 1.165) is 49.9 Å². The molecule has 0 N–H and O–H groups in total. The average Bonchev–Trinajstić information content (AvgIpc) is 2.98. The van der Waals surface area contributed by atoms with Crippen molar-refractivity contribution in [1.82, 2.24) is 9.80 Å². The molecule has 0 aliphatic carbocycles. The second-order valence-corrected chi connectivity index (χ2v) is 6.57. The summed E-state index contributed by atoms with van der Waals surface area (Å²) in [5.74, 6) is 1.60. The average molecular weight is 345 g/mol. The van der Waals surface area contributed by atoms with E-state index in [9.17, 15) is 9.59 Å². The Labute approximate surface area is 147 Å². The van der Waals surface area contributed by atoms with Crippen LogP contribution in [0.1, 0.15) is 12.8 Å². The lowest BCUT2D eigenvalue weighted by molar-refractivity contribution is -0.138. The van der Waals surface area contributed by atoms with E-state index in [1.807, 2.05) is 12.1 Å². The fraction of sp³-hybridized carbons (Fsp3) is 0.556. The number of carbonyl (C=O) groups excluding carboxylic acids is 2. The van der Waals surface area contributed by atoms with Gasteiger partial charge in [0.25, 0.3) is 0 Å². The Bertz CT molecular complexity index is 654. The van der Waals surface area contributed by atoms with E-state index in [4.69, 9.17) is 9.47 Å². The molecule has 0 unspecified atom stereocenters. The Balaban J connectivity index is 1.33. The molecule has 0 bridgehead atoms. The highest BCUT2D eigenvalue weighted by molar-refractivity contribution is 6.01. The van der Waals surface area contributed by atoms with Crippen LogP contribution in [0, 0.1) is 0 Å². The molecule has 4 rings (SSSR count). The largest absolute Gasteiger partial charge is 0.486 e. The number of hydrogen-bond donors (Lipinski definition) is 0. The molecule has 2 saturated heterocycles. The quantitative estimate of drug-likeness (QED) is 0.750. The summed E-state index contributed by atoms with van der Waals surface area (Å²) < 4.78 is 11.5. The molecule has 0 atom stereocenters. The van der Waals surface area contributed by atoms with Gasteiger partial charge in [0.05, 0.1) is 5.69 Å². The number of anilines is 1. The van der Waals surface area contributed by atoms with Crippen LogP contribution in [0.4, 0.5) is 5.69 Å². The summed E-state index contributed by atoms with van der Waals surface area (Å²) in [5, 5.41) is 0. The van der Waals surface area contributed by atoms with Crippen LogP contribution in [0.15, 0.2) is 18.2 Å². The Hall–Kier alpha value is -2.28. The normalized spacial score (nSPS) is 21.1. The van der Waals surface area contributed by atoms with Gasteiger partial charge in [-0.1, -0.05) is 6.07 Å². The zero-order chi connectivity index (χ0) is 17.2. The number of para-hydroxylation sites is 1. The molecule has 1 aromatic rings. The molecule has 25 heavy (non-hydrogen) atoms. The van der Waals surface area contributed by atoms with Gasteiger partial charge in [-0.3, -0.25) is 19.4 Å². The van der Waals surface area contributed by atoms with Crippen LogP contribution in [-0.2, 0) is 9.59 Å². The van der Waals surface area contributed by atoms with E-state index in [2.05, 4.69) is 15.9 Å². The highest BCUT2D eigenvalue weighted by Gasteiger charge is 2.29. The predicted octanol–water partition coefficient (Wildman–Crippen LogP) is 0.729. The molecule has 2 amide bonds. The van der Waals surface area contributed by atoms with Gasteiger partial charge < -0.3 is 14.4 Å². The topological polar surface area (TPSA) is 62.3 Å². The van der Waals surface area contributed by atoms with Crippen molar-refractivity contribution in [2.45, 2.75) is 12.8 Å². The van der Waals surface area contributed by atoms with Crippen molar-refractivity contribution in [1.29, 1.82) is 0 Å². The highest BCUT2D eigenvalue weighted by Crippen LogP contribution is 2.39. The first kappa shape index (κ1) is 16.2. The first-order valence-corrected chi connectivity index (χ1v) is 8.91. The molecule has 7 heteroatoms. The van der Waals surface area contributed by atoms with Crippen molar-refractivity contribution in [3.05, 3.63) is 18.2 Å². The standard InChI is InChI=1S/C18H23N3O4/c22-16-4-5-17(23)21(16)11-8-19-6-9-20(10-7-19)14-2-1-3-15-18(14)25-13-12-24-15/h1-3H,4-13H2. The Morgan fingerprint density at radius 3 is 2.36 bits per heavy atom. The number of carbonyl (C=O) groups is 2. The van der Waals surface area contributed by atoms with E-state index in [1.165, 1.54) is 4.90 Å². The van der Waals surface area contributed by atoms with E-state index in [-0.39, 0.29) is 11.8 Å². The molecule has 0 aromatic heterocycles. The molecule has 1 aromatic carbocycles. The molecule has 3 aliphatic rings. The van der Waals surface area contributed by atoms with E-state index >= 15 is 0 Å². The van der Waals surface area contributed by atoms with Crippen LogP contribution >= 0.6 is 0 Å². The zero-order valence-corrected chi connectivity index (χ0v) is 14.3. The van der Waals surface area contributed by atoms with Crippen molar-refractivity contribution < 1.29 is 19.1 Å². The summed E-state index contributed by atoms with van der Waals surface area (Å²) in [6.45, 7) is 6.03. The number of rotatable bonds is 4. The second kappa shape index (κ2) is 6.92. The number of piperazine rings is 1. The van der Waals surface area contributed by atoms with Crippen LogP contribution in [0.3, 0.4) is 0 Å². The van der Waals surface area contributed by atoms with Gasteiger partial charge in [-0.05, 0) is 12.1 Å². The lowest BCUT2D eigenvalue weighted by atomic mass is 10.2. The first-order valence-electron chi connectivity index (χ1n) is 8.91. The van der Waals surface area contributed by atoms with E-state index in [0.29, 0.717) is 32.6 Å². The molecule has 2 fully saturated rings. The van der Waals surface area contributed by atoms with Crippen LogP contribution in [0.5, 0.6) is 11.5 Å². The maximum Gasteiger partial charge on any atom is 0.229 e. The lowest BCUT2D eigenvalue weighted by Crippen LogP contribution is -2.49. The number of ether oxygens (including phenoxy) is 2. The van der Waals surface area contributed by atoms with Gasteiger partial charge in [0, 0.05) is 52.1 Å². The molecule has 0 spiro atoms. The SMILES string of the molecule is O=C1CCC(=O)N1CCN1CCN(c2cccc3c2OCCO3)CC1. The molecule has 0 radical (unpaired) electrons. The minimum Gasteiger partial charge on any atom is -0.486 e. The number of hydrogen-bond acceptors (Lipinski definition) is 6. The molecular weight excluding hydrogens is 322 g/mol. The molecule has 3 aliphatic heterocycles. The van der Waals surface area contributed by atoms with Gasteiger partial charge >= 0.3 is 0 Å². The van der Waals surface area contributed by atoms with Gasteiger partial charge in [0.2, 0.25) is 11.8 Å². The van der Waals surface area contributed by atoms with Crippen molar-refractivity contribution in [3.8, 4) is 11.5 Å². The summed E-state index contributed by atoms with van der Waals surface area (Å²) in [5.41, 5.74) is 1.08. The molecule has 0 saturated carbocycles. The van der Waals surface area contributed by atoms with Gasteiger partial charge in [-0.25, -0.2) is 0 Å². The summed E-state index contributed by atoms with van der Waals surface area (Å²) >= 11 is 0. The van der Waals surface area contributed by atoms with Gasteiger partial charge in [-0.2, -0.15) is 0 Å². The summed E-state index contributed by atoms with van der Waals surface area (Å²) in [7, 11) is 0. The van der Waals surface area contributed by atoms with Crippen molar-refractivity contribution in [2.24, 2.45) is 0 Å². The minimum atomic E-state index is -0.0308. The number of fused-ring (bicyclic) bond motifs is 1. The fourth-order valence-electron chi connectivity index (χ4n) is 3.63. The van der Waals surface area contributed by atoms with Crippen LogP contribution < -0.4 is 14.4 Å². The molecule has 7 nitrogen and oxygen atoms in total. The molecular formula is C18H23N3O4. The van der Waals surface area contributed by atoms with E-state index < -0.39 is 0 Å². The zero-order valence-electron chi connectivity index (χ0n) is 14.3. The van der Waals surface area contributed by atoms with Crippen molar-refractivity contribution in [3.63, 3.8) is 0 Å². The highest BCUT2D eigenvalue weighted by atomic mass is 16.6. The monoisotopic (exact) mass is 345 g/mol. The molecule has 134 valence electrons. The third-order valence-electron chi connectivity index (χ3n) is 5.05. The number of amides is 2. The van der Waals surface area contributed by atoms with Crippen LogP contribution in [0.2, 0.25) is 0 Å². The van der Waals surface area contributed by atoms with Crippen LogP contribution in [-0.4, -0.2) is 74.1 Å². The fourth-order valence-corrected chi connectivity index (χ4v) is 3.63. The van der Waals surface area contributed by atoms with Crippen molar-refractivity contribution in [2.75, 3.05) is 57.4 Å².